The van der Waals surface area contributed by atoms with E-state index >= 15 is 0 Å². The van der Waals surface area contributed by atoms with Crippen LogP contribution in [0.5, 0.6) is 0 Å². The van der Waals surface area contributed by atoms with Gasteiger partial charge in [0.1, 0.15) is 6.10 Å². The third-order valence-corrected chi connectivity index (χ3v) is 3.32. The van der Waals surface area contributed by atoms with E-state index in [0.717, 1.165) is 5.32 Å². The maximum atomic E-state index is 12.8. The summed E-state index contributed by atoms with van der Waals surface area (Å²) in [6.07, 6.45) is -15.4. The van der Waals surface area contributed by atoms with Crippen molar-refractivity contribution in [2.75, 3.05) is 0 Å². The average Bonchev–Trinajstić information content (AvgIpc) is 2.20. The van der Waals surface area contributed by atoms with E-state index in [-0.39, 0.29) is 0 Å². The van der Waals surface area contributed by atoms with Gasteiger partial charge in [-0.25, -0.2) is 4.79 Å². The van der Waals surface area contributed by atoms with Gasteiger partial charge in [0.05, 0.1) is 0 Å². The highest BCUT2D eigenvalue weighted by atomic mass is 19.4. The summed E-state index contributed by atoms with van der Waals surface area (Å²) in [4.78, 5) is 11.4. The Balaban J connectivity index is 5.32. The first-order chi connectivity index (χ1) is 9.08. The molecule has 0 aromatic carbocycles. The fourth-order valence-electron chi connectivity index (χ4n) is 1.33. The van der Waals surface area contributed by atoms with Crippen molar-refractivity contribution in [3.05, 3.63) is 0 Å². The number of rotatable bonds is 3. The molecule has 0 aromatic heterocycles. The summed E-state index contributed by atoms with van der Waals surface area (Å²) in [5.41, 5.74) is -4.95. The number of hydrogen-bond donors (Lipinski definition) is 1. The highest BCUT2D eigenvalue weighted by Crippen LogP contribution is 2.45. The summed E-state index contributed by atoms with van der Waals surface area (Å²) >= 11 is 0. The second-order valence-corrected chi connectivity index (χ2v) is 5.79. The van der Waals surface area contributed by atoms with Crippen LogP contribution < -0.4 is 5.32 Å². The highest BCUT2D eigenvalue weighted by molar-refractivity contribution is 5.69. The van der Waals surface area contributed by atoms with Crippen LogP contribution in [0.2, 0.25) is 0 Å². The molecule has 0 aliphatic heterocycles. The Hall–Kier alpha value is -1.15. The lowest BCUT2D eigenvalue weighted by Gasteiger charge is -2.37. The van der Waals surface area contributed by atoms with Crippen molar-refractivity contribution >= 4 is 6.09 Å². The van der Waals surface area contributed by atoms with Crippen LogP contribution >= 0.6 is 0 Å². The van der Waals surface area contributed by atoms with E-state index in [1.54, 1.807) is 20.8 Å². The van der Waals surface area contributed by atoms with Gasteiger partial charge in [-0.3, -0.25) is 5.32 Å². The van der Waals surface area contributed by atoms with Gasteiger partial charge in [-0.1, -0.05) is 27.7 Å². The molecule has 0 aliphatic carbocycles. The maximum absolute atomic E-state index is 12.8. The number of halogens is 6. The summed E-state index contributed by atoms with van der Waals surface area (Å²) < 4.78 is 81.5. The van der Waals surface area contributed by atoms with Crippen LogP contribution in [0.1, 0.15) is 41.0 Å². The van der Waals surface area contributed by atoms with Gasteiger partial charge in [0, 0.05) is 0 Å². The van der Waals surface area contributed by atoms with Crippen LogP contribution in [0.3, 0.4) is 0 Å². The molecule has 9 heteroatoms. The van der Waals surface area contributed by atoms with E-state index in [1.807, 2.05) is 0 Å². The van der Waals surface area contributed by atoms with Crippen molar-refractivity contribution in [1.82, 2.24) is 5.32 Å². The minimum absolute atomic E-state index is 0.622. The molecule has 0 radical (unpaired) electrons. The normalized spacial score (nSPS) is 15.6. The van der Waals surface area contributed by atoms with Gasteiger partial charge in [0.2, 0.25) is 5.54 Å². The number of nitrogens with one attached hydrogen (secondary N) is 1. The van der Waals surface area contributed by atoms with E-state index in [9.17, 15) is 31.1 Å². The number of alkyl halides is 6. The molecule has 0 bridgehead atoms. The first-order valence-electron chi connectivity index (χ1n) is 6.20. The van der Waals surface area contributed by atoms with Crippen molar-refractivity contribution in [3.8, 4) is 0 Å². The number of carbonyl (C=O) groups excluding carboxylic acids is 1. The number of ether oxygens (including phenoxy) is 1. The average molecular weight is 323 g/mol. The third kappa shape index (κ3) is 4.41. The molecule has 0 saturated carbocycles. The van der Waals surface area contributed by atoms with Gasteiger partial charge in [-0.2, -0.15) is 26.3 Å². The quantitative estimate of drug-likeness (QED) is 0.781. The Morgan fingerprint density at radius 3 is 1.67 bits per heavy atom. The Morgan fingerprint density at radius 2 is 1.43 bits per heavy atom. The van der Waals surface area contributed by atoms with Crippen molar-refractivity contribution in [2.24, 2.45) is 5.41 Å². The van der Waals surface area contributed by atoms with E-state index in [0.29, 0.717) is 6.92 Å². The lowest BCUT2D eigenvalue weighted by Crippen LogP contribution is -2.67. The fourth-order valence-corrected chi connectivity index (χ4v) is 1.33. The van der Waals surface area contributed by atoms with Crippen molar-refractivity contribution < 1.29 is 35.9 Å². The van der Waals surface area contributed by atoms with E-state index < -0.39 is 41.9 Å². The molecule has 0 aromatic rings. The van der Waals surface area contributed by atoms with Gasteiger partial charge in [-0.15, -0.1) is 0 Å². The smallest absolute Gasteiger partial charge is 0.420 e. The summed E-state index contributed by atoms with van der Waals surface area (Å²) in [7, 11) is 0. The zero-order valence-corrected chi connectivity index (χ0v) is 12.4. The van der Waals surface area contributed by atoms with Gasteiger partial charge < -0.3 is 4.74 Å². The fraction of sp³-hybridized carbons (Fsp3) is 0.917. The largest absolute Gasteiger partial charge is 0.446 e. The monoisotopic (exact) mass is 323 g/mol. The molecule has 0 unspecified atom stereocenters. The second kappa shape index (κ2) is 5.92. The van der Waals surface area contributed by atoms with Crippen LogP contribution in [0.25, 0.3) is 0 Å². The van der Waals surface area contributed by atoms with E-state index in [1.165, 1.54) is 6.92 Å². The molecular formula is C12H19F6NO2. The van der Waals surface area contributed by atoms with Crippen molar-refractivity contribution in [2.45, 2.75) is 65.0 Å². The number of carbonyl (C=O) groups is 1. The van der Waals surface area contributed by atoms with Crippen LogP contribution in [0, 0.1) is 5.41 Å². The van der Waals surface area contributed by atoms with E-state index in [2.05, 4.69) is 4.74 Å². The zero-order valence-electron chi connectivity index (χ0n) is 12.4. The van der Waals surface area contributed by atoms with Crippen LogP contribution in [0.15, 0.2) is 0 Å². The maximum Gasteiger partial charge on any atom is 0.420 e. The Kier molecular flexibility index (Phi) is 5.60. The van der Waals surface area contributed by atoms with Gasteiger partial charge in [0.15, 0.2) is 0 Å². The van der Waals surface area contributed by atoms with E-state index in [4.69, 9.17) is 0 Å². The Bertz CT molecular complexity index is 355. The lowest BCUT2D eigenvalue weighted by molar-refractivity contribution is -0.305. The predicted molar refractivity (Wildman–Crippen MR) is 63.7 cm³/mol. The molecule has 0 rings (SSSR count). The Morgan fingerprint density at radius 1 is 1.05 bits per heavy atom. The SMILES string of the molecule is CCC(NC(=O)O[C@H](C)C(C)(C)C)(C(F)(F)F)C(F)(F)F. The molecule has 0 fully saturated rings. The first kappa shape index (κ1) is 19.9. The zero-order chi connectivity index (χ0) is 17.3. The second-order valence-electron chi connectivity index (χ2n) is 5.79. The number of amides is 1. The first-order valence-corrected chi connectivity index (χ1v) is 6.20. The molecule has 1 amide bonds. The Labute approximate surface area is 119 Å². The molecule has 1 atom stereocenters. The topological polar surface area (TPSA) is 38.3 Å². The summed E-state index contributed by atoms with van der Waals surface area (Å²) in [5.74, 6) is 0. The standard InChI is InChI=1S/C12H19F6NO2/c1-6-10(11(13,14)15,12(16,17)18)19-8(20)21-7(2)9(3,4)5/h7H,6H2,1-5H3,(H,19,20)/t7-/m1/s1. The molecule has 21 heavy (non-hydrogen) atoms. The molecule has 0 heterocycles. The molecular weight excluding hydrogens is 304 g/mol. The van der Waals surface area contributed by atoms with Crippen molar-refractivity contribution in [1.29, 1.82) is 0 Å². The third-order valence-electron chi connectivity index (χ3n) is 3.32. The summed E-state index contributed by atoms with van der Waals surface area (Å²) in [5, 5.41) is 0.952. The molecule has 0 spiro atoms. The lowest BCUT2D eigenvalue weighted by atomic mass is 9.90. The predicted octanol–water partition coefficient (Wildman–Crippen LogP) is 4.42. The van der Waals surface area contributed by atoms with Gasteiger partial charge in [0.25, 0.3) is 0 Å². The molecule has 0 saturated heterocycles. The summed E-state index contributed by atoms with van der Waals surface area (Å²) in [6, 6.07) is 0. The van der Waals surface area contributed by atoms with Crippen LogP contribution in [-0.2, 0) is 4.74 Å². The molecule has 0 aliphatic rings. The number of alkyl carbamates (subject to hydrolysis) is 1. The summed E-state index contributed by atoms with van der Waals surface area (Å²) in [6.45, 7) is 6.96. The minimum Gasteiger partial charge on any atom is -0.446 e. The highest BCUT2D eigenvalue weighted by Gasteiger charge is 2.71. The molecule has 126 valence electrons. The van der Waals surface area contributed by atoms with Gasteiger partial charge in [-0.05, 0) is 18.8 Å². The number of hydrogen-bond acceptors (Lipinski definition) is 2. The molecule has 3 nitrogen and oxygen atoms in total. The van der Waals surface area contributed by atoms with Crippen LogP contribution in [-0.4, -0.2) is 30.1 Å². The van der Waals surface area contributed by atoms with Gasteiger partial charge >= 0.3 is 18.4 Å². The van der Waals surface area contributed by atoms with Crippen molar-refractivity contribution in [3.63, 3.8) is 0 Å². The minimum atomic E-state index is -5.69. The molecule has 1 N–H and O–H groups in total. The van der Waals surface area contributed by atoms with Crippen LogP contribution in [0.4, 0.5) is 31.1 Å².